The van der Waals surface area contributed by atoms with Crippen LogP contribution < -0.4 is 75.3 Å². The van der Waals surface area contributed by atoms with Gasteiger partial charge in [-0.05, 0) is 99.7 Å². The van der Waals surface area contributed by atoms with Gasteiger partial charge < -0.3 is 85.4 Å². The van der Waals surface area contributed by atoms with Crippen molar-refractivity contribution < 1.29 is 67.4 Å². The predicted octanol–water partition coefficient (Wildman–Crippen LogP) is -1.67. The van der Waals surface area contributed by atoms with Gasteiger partial charge in [-0.2, -0.15) is 24.4 Å². The van der Waals surface area contributed by atoms with E-state index in [1.165, 1.54) is 31.2 Å². The van der Waals surface area contributed by atoms with Gasteiger partial charge >= 0.3 is 5.97 Å². The molecule has 0 fully saturated rings. The van der Waals surface area contributed by atoms with Crippen molar-refractivity contribution in [1.82, 2.24) is 73.8 Å². The molecule has 32 heteroatoms. The van der Waals surface area contributed by atoms with Crippen molar-refractivity contribution in [3.63, 3.8) is 0 Å². The van der Waals surface area contributed by atoms with Crippen LogP contribution in [0.3, 0.4) is 0 Å². The molecule has 0 radical (unpaired) electrons. The number of nitrogens with zero attached hydrogens (tertiary/aromatic N) is 1. The molecule has 1 aromatic heterocycles. The fraction of sp³-hybridized carbons (Fsp3) is 0.645. The topological polar surface area (TPSA) is 467 Å². The highest BCUT2D eigenvalue weighted by Gasteiger charge is 2.35. The molecule has 2 aromatic rings. The second-order valence-corrected chi connectivity index (χ2v) is 25.8. The van der Waals surface area contributed by atoms with Gasteiger partial charge in [0, 0.05) is 30.5 Å². The van der Waals surface area contributed by atoms with E-state index in [0.29, 0.717) is 36.3 Å². The molecule has 11 atom stereocenters. The summed E-state index contributed by atoms with van der Waals surface area (Å²) in [6.45, 7) is 14.2. The van der Waals surface area contributed by atoms with E-state index in [-0.39, 0.29) is 75.0 Å². The Morgan fingerprint density at radius 2 is 0.989 bits per heavy atom. The number of carboxylic acid groups (broad SMARTS) is 1. The highest BCUT2D eigenvalue weighted by Crippen LogP contribution is 2.14. The lowest BCUT2D eigenvalue weighted by atomic mass is 9.97. The number of thioether (sulfide) groups is 1. The van der Waals surface area contributed by atoms with Gasteiger partial charge in [0.15, 0.2) is 0 Å². The molecule has 30 nitrogen and oxygen atoms in total. The minimum Gasteiger partial charge on any atom is -0.480 e. The molecule has 0 bridgehead atoms. The number of H-pyrrole nitrogens is 1. The van der Waals surface area contributed by atoms with E-state index in [2.05, 4.69) is 86.4 Å². The molecule has 12 amide bonds. The molecular weight excluding hydrogens is 1260 g/mol. The van der Waals surface area contributed by atoms with Crippen molar-refractivity contribution in [2.24, 2.45) is 35.1 Å². The lowest BCUT2D eigenvalue weighted by molar-refractivity contribution is -0.142. The van der Waals surface area contributed by atoms with Crippen molar-refractivity contribution in [2.45, 2.75) is 187 Å². The van der Waals surface area contributed by atoms with Gasteiger partial charge in [-0.3, -0.25) is 57.5 Å². The Hall–Kier alpha value is -7.84. The number of hydrogen-bond donors (Lipinski definition) is 17. The number of carbonyl (C=O) groups excluding carboxylic acids is 12. The summed E-state index contributed by atoms with van der Waals surface area (Å²) in [5.74, 6) is -10.9. The Morgan fingerprint density at radius 1 is 0.532 bits per heavy atom. The summed E-state index contributed by atoms with van der Waals surface area (Å²) in [5, 5.41) is 40.7. The van der Waals surface area contributed by atoms with Gasteiger partial charge in [-0.25, -0.2) is 9.78 Å². The molecule has 1 heterocycles. The monoisotopic (exact) mass is 1360 g/mol. The van der Waals surface area contributed by atoms with Crippen LogP contribution in [0.5, 0.6) is 0 Å². The summed E-state index contributed by atoms with van der Waals surface area (Å²) in [7, 11) is 0. The van der Waals surface area contributed by atoms with Crippen molar-refractivity contribution in [3.8, 4) is 0 Å². The van der Waals surface area contributed by atoms with E-state index in [4.69, 9.17) is 11.5 Å². The maximum Gasteiger partial charge on any atom is 0.326 e. The van der Waals surface area contributed by atoms with Crippen LogP contribution in [0.4, 0.5) is 0 Å². The van der Waals surface area contributed by atoms with Gasteiger partial charge in [0.05, 0.1) is 32.0 Å². The first-order valence-electron chi connectivity index (χ1n) is 31.8. The molecule has 526 valence electrons. The summed E-state index contributed by atoms with van der Waals surface area (Å²) >= 11 is 5.57. The van der Waals surface area contributed by atoms with Crippen LogP contribution >= 0.6 is 24.4 Å². The van der Waals surface area contributed by atoms with E-state index < -0.39 is 163 Å². The molecule has 0 aliphatic carbocycles. The van der Waals surface area contributed by atoms with Crippen LogP contribution in [0.2, 0.25) is 0 Å². The van der Waals surface area contributed by atoms with E-state index >= 15 is 0 Å². The number of thiol groups is 1. The smallest absolute Gasteiger partial charge is 0.326 e. The second kappa shape index (κ2) is 43.9. The van der Waals surface area contributed by atoms with Crippen LogP contribution in [0, 0.1) is 23.7 Å². The lowest BCUT2D eigenvalue weighted by Gasteiger charge is -2.27. The summed E-state index contributed by atoms with van der Waals surface area (Å²) in [5.41, 5.74) is 12.6. The van der Waals surface area contributed by atoms with Crippen molar-refractivity contribution >= 4 is 101 Å². The van der Waals surface area contributed by atoms with Crippen molar-refractivity contribution in [1.29, 1.82) is 0 Å². The number of nitrogens with one attached hydrogen (secondary N) is 13. The lowest BCUT2D eigenvalue weighted by Crippen LogP contribution is -2.59. The second-order valence-electron chi connectivity index (χ2n) is 24.4. The van der Waals surface area contributed by atoms with E-state index in [0.717, 1.165) is 0 Å². The number of carbonyl (C=O) groups is 13. The average molecular weight is 1360 g/mol. The summed E-state index contributed by atoms with van der Waals surface area (Å²) in [4.78, 5) is 182. The first-order chi connectivity index (χ1) is 44.4. The van der Waals surface area contributed by atoms with Crippen LogP contribution in [-0.2, 0) is 75.2 Å². The van der Waals surface area contributed by atoms with Gasteiger partial charge in [-0.1, -0.05) is 92.1 Å². The van der Waals surface area contributed by atoms with Crippen LogP contribution in [0.15, 0.2) is 42.9 Å². The minimum atomic E-state index is -1.37. The summed E-state index contributed by atoms with van der Waals surface area (Å²) in [6, 6.07) is -3.04. The predicted molar refractivity (Wildman–Crippen MR) is 358 cm³/mol. The standard InChI is InChI=1S/C62H102N16O14S2/c1-11-37(8)52(78-51(81)31-68-54(83)43(23-34(2)3)73-59(88)45(26-39-17-13-12-14-18-39)74-58(87)44(24-35(4)5)72-53(82)38(9)64)61(90)75-46(27-40-28-65-33-69-40)55(84)67-29-49(79)66-30-50(80)70-41(19-15-16-21-63)56(85)71-42(20-22-94-10)57(86)77-48(32-93)60(89)76-47(62(91)92)25-36(6)7/h12-14,17-18,28,33-38,41-48,52,93H,11,15-16,19-27,29-32,63-64H2,1-10H3,(H,65,69)(H,66,79)(H,67,84)(H,68,83)(H,70,80)(H,71,85)(H,72,82)(H,73,88)(H,74,87)(H,75,90)(H,76,89)(H,77,86)(H,78,81)(H,91,92)/t37-,38-,41-,42-,43-,44-,45-,46-,47-,48-,52-/m0/s1. The number of rotatable bonds is 45. The van der Waals surface area contributed by atoms with E-state index in [9.17, 15) is 67.4 Å². The SMILES string of the molecule is CC[C@H](C)[C@H](NC(=O)CNC(=O)[C@H](CC(C)C)NC(=O)[C@H](Cc1ccccc1)NC(=O)[C@H](CC(C)C)NC(=O)[C@H](C)N)C(=O)N[C@@H](Cc1cnc[nH]1)C(=O)NCC(=O)NCC(=O)N[C@@H](CCCCN)C(=O)N[C@@H](CCSC)C(=O)N[C@@H](CS)C(=O)N[C@@H](CC(C)C)C(=O)O. The molecule has 18 N–H and O–H groups in total. The number of imidazole rings is 1. The molecular formula is C62H102N16O14S2. The Bertz CT molecular complexity index is 2780. The molecule has 0 aliphatic rings. The Morgan fingerprint density at radius 3 is 1.53 bits per heavy atom. The first-order valence-corrected chi connectivity index (χ1v) is 33.8. The fourth-order valence-corrected chi connectivity index (χ4v) is 10.1. The third-order valence-corrected chi connectivity index (χ3v) is 15.7. The normalized spacial score (nSPS) is 14.7. The number of benzene rings is 1. The summed E-state index contributed by atoms with van der Waals surface area (Å²) in [6.07, 6.45) is 6.28. The zero-order valence-electron chi connectivity index (χ0n) is 55.6. The molecule has 0 aliphatic heterocycles. The third-order valence-electron chi connectivity index (χ3n) is 14.7. The zero-order chi connectivity index (χ0) is 70.6. The van der Waals surface area contributed by atoms with E-state index in [1.807, 2.05) is 27.7 Å². The van der Waals surface area contributed by atoms with Gasteiger partial charge in [0.2, 0.25) is 70.9 Å². The number of aromatic nitrogens is 2. The number of aliphatic carboxylic acids is 1. The number of nitrogens with two attached hydrogens (primary N) is 2. The fourth-order valence-electron chi connectivity index (χ4n) is 9.36. The van der Waals surface area contributed by atoms with Crippen LogP contribution in [-0.4, -0.2) is 196 Å². The third kappa shape index (κ3) is 31.9. The average Bonchev–Trinajstić information content (AvgIpc) is 1.10. The van der Waals surface area contributed by atoms with Crippen molar-refractivity contribution in [2.75, 3.05) is 43.9 Å². The number of carboxylic acids is 1. The molecule has 2 rings (SSSR count). The highest BCUT2D eigenvalue weighted by molar-refractivity contribution is 7.98. The highest BCUT2D eigenvalue weighted by atomic mass is 32.2. The molecule has 94 heavy (non-hydrogen) atoms. The Balaban J connectivity index is 2.20. The number of unbranched alkanes of at least 4 members (excludes halogenated alkanes) is 1. The van der Waals surface area contributed by atoms with Gasteiger partial charge in [0.1, 0.15) is 54.4 Å². The number of amides is 12. The molecule has 1 aromatic carbocycles. The molecule has 0 spiro atoms. The van der Waals surface area contributed by atoms with Gasteiger partial charge in [0.25, 0.3) is 0 Å². The molecule has 0 saturated carbocycles. The maximum atomic E-state index is 14.2. The first kappa shape index (κ1) is 82.3. The van der Waals surface area contributed by atoms with E-state index in [1.54, 1.807) is 64.3 Å². The number of hydrogen-bond acceptors (Lipinski definition) is 18. The molecule has 0 saturated heterocycles. The largest absolute Gasteiger partial charge is 0.480 e. The van der Waals surface area contributed by atoms with Gasteiger partial charge in [-0.15, -0.1) is 0 Å². The Labute approximate surface area is 560 Å². The number of aromatic amines is 1. The van der Waals surface area contributed by atoms with Crippen LogP contribution in [0.1, 0.15) is 125 Å². The maximum absolute atomic E-state index is 14.2. The van der Waals surface area contributed by atoms with Crippen molar-refractivity contribution in [3.05, 3.63) is 54.1 Å². The minimum absolute atomic E-state index is 0.0202. The summed E-state index contributed by atoms with van der Waals surface area (Å²) < 4.78 is 0. The zero-order valence-corrected chi connectivity index (χ0v) is 57.4. The molecule has 0 unspecified atom stereocenters. The van der Waals surface area contributed by atoms with Crippen LogP contribution in [0.25, 0.3) is 0 Å². The quantitative estimate of drug-likeness (QED) is 0.0260. The Kier molecular flexibility index (Phi) is 38.5.